The molecule has 0 saturated heterocycles. The van der Waals surface area contributed by atoms with Gasteiger partial charge in [0.25, 0.3) is 0 Å². The van der Waals surface area contributed by atoms with Crippen LogP contribution in [0.1, 0.15) is 42.7 Å². The molecule has 20 heavy (non-hydrogen) atoms. The lowest BCUT2D eigenvalue weighted by Crippen LogP contribution is -2.03. The van der Waals surface area contributed by atoms with Crippen LogP contribution in [0, 0.1) is 0 Å². The summed E-state index contributed by atoms with van der Waals surface area (Å²) in [5.41, 5.74) is 4.59. The fourth-order valence-corrected chi connectivity index (χ4v) is 3.22. The highest BCUT2D eigenvalue weighted by molar-refractivity contribution is 5.31. The maximum Gasteiger partial charge on any atom is 0.00513 e. The summed E-state index contributed by atoms with van der Waals surface area (Å²) < 4.78 is 0. The van der Waals surface area contributed by atoms with Gasteiger partial charge in [-0.05, 0) is 43.2 Å². The van der Waals surface area contributed by atoms with Crippen molar-refractivity contribution in [2.24, 2.45) is 0 Å². The molecule has 0 nitrogen and oxygen atoms in total. The van der Waals surface area contributed by atoms with E-state index >= 15 is 0 Å². The van der Waals surface area contributed by atoms with Gasteiger partial charge >= 0.3 is 0 Å². The molecule has 0 fully saturated rings. The second-order valence-corrected chi connectivity index (χ2v) is 5.66. The summed E-state index contributed by atoms with van der Waals surface area (Å²) in [6, 6.07) is 21.9. The maximum absolute atomic E-state index is 2.47. The minimum atomic E-state index is 0.610. The van der Waals surface area contributed by atoms with Crippen LogP contribution in [-0.4, -0.2) is 0 Å². The molecule has 2 aromatic carbocycles. The highest BCUT2D eigenvalue weighted by atomic mass is 14.2. The first-order chi connectivity index (χ1) is 9.93. The predicted octanol–water partition coefficient (Wildman–Crippen LogP) is 5.51. The molecule has 3 rings (SSSR count). The van der Waals surface area contributed by atoms with Crippen LogP contribution in [0.25, 0.3) is 0 Å². The molecule has 0 bridgehead atoms. The predicted molar refractivity (Wildman–Crippen MR) is 85.9 cm³/mol. The number of rotatable bonds is 5. The minimum absolute atomic E-state index is 0.610. The molecule has 2 aromatic rings. The molecule has 0 heterocycles. The monoisotopic (exact) mass is 262 g/mol. The van der Waals surface area contributed by atoms with Gasteiger partial charge in [0.05, 0.1) is 0 Å². The summed E-state index contributed by atoms with van der Waals surface area (Å²) in [5, 5.41) is 0. The molecule has 0 amide bonds. The summed E-state index contributed by atoms with van der Waals surface area (Å²) in [7, 11) is 0. The van der Waals surface area contributed by atoms with Crippen molar-refractivity contribution in [2.45, 2.75) is 38.0 Å². The molecule has 0 spiro atoms. The zero-order valence-corrected chi connectivity index (χ0v) is 12.0. The lowest BCUT2D eigenvalue weighted by Gasteiger charge is -2.19. The zero-order valence-electron chi connectivity index (χ0n) is 12.0. The van der Waals surface area contributed by atoms with Crippen molar-refractivity contribution in [2.75, 3.05) is 0 Å². The van der Waals surface area contributed by atoms with Crippen molar-refractivity contribution >= 4 is 0 Å². The molecule has 0 saturated carbocycles. The summed E-state index contributed by atoms with van der Waals surface area (Å²) in [6.45, 7) is 0. The number of benzene rings is 2. The molecule has 0 heteroatoms. The molecule has 0 aliphatic heterocycles. The van der Waals surface area contributed by atoms with E-state index in [4.69, 9.17) is 0 Å². The lowest BCUT2D eigenvalue weighted by molar-refractivity contribution is 0.680. The standard InChI is InChI=1S/C20H22/c1-3-9-17(10-4-1)15-16-20(19-13-7-8-14-19)18-11-5-2-6-12-18/h1-6,9-13,20H,7-8,14-16H2. The van der Waals surface area contributed by atoms with Crippen molar-refractivity contribution in [1.82, 2.24) is 0 Å². The smallest absolute Gasteiger partial charge is 0.00513 e. The summed E-state index contributed by atoms with van der Waals surface area (Å²) in [4.78, 5) is 0. The van der Waals surface area contributed by atoms with Gasteiger partial charge < -0.3 is 0 Å². The Hall–Kier alpha value is -1.82. The summed E-state index contributed by atoms with van der Waals surface area (Å²) in [5.74, 6) is 0.610. The Morgan fingerprint density at radius 1 is 0.850 bits per heavy atom. The number of hydrogen-bond acceptors (Lipinski definition) is 0. The molecule has 0 aromatic heterocycles. The fourth-order valence-electron chi connectivity index (χ4n) is 3.22. The number of hydrogen-bond donors (Lipinski definition) is 0. The van der Waals surface area contributed by atoms with Crippen molar-refractivity contribution in [1.29, 1.82) is 0 Å². The van der Waals surface area contributed by atoms with E-state index in [0.29, 0.717) is 5.92 Å². The number of aryl methyl sites for hydroxylation is 1. The highest BCUT2D eigenvalue weighted by Crippen LogP contribution is 2.35. The van der Waals surface area contributed by atoms with Gasteiger partial charge in [0.2, 0.25) is 0 Å². The molecule has 1 unspecified atom stereocenters. The van der Waals surface area contributed by atoms with Crippen LogP contribution < -0.4 is 0 Å². The highest BCUT2D eigenvalue weighted by Gasteiger charge is 2.18. The molecule has 0 radical (unpaired) electrons. The topological polar surface area (TPSA) is 0 Å². The Balaban J connectivity index is 1.76. The van der Waals surface area contributed by atoms with Crippen LogP contribution >= 0.6 is 0 Å². The second kappa shape index (κ2) is 6.56. The summed E-state index contributed by atoms with van der Waals surface area (Å²) in [6.07, 6.45) is 8.75. The third kappa shape index (κ3) is 3.19. The Kier molecular flexibility index (Phi) is 4.32. The van der Waals surface area contributed by atoms with E-state index in [1.807, 2.05) is 0 Å². The first kappa shape index (κ1) is 13.2. The Morgan fingerprint density at radius 3 is 2.20 bits per heavy atom. The van der Waals surface area contributed by atoms with Gasteiger partial charge in [0.15, 0.2) is 0 Å². The van der Waals surface area contributed by atoms with Crippen LogP contribution in [0.5, 0.6) is 0 Å². The maximum atomic E-state index is 2.47. The van der Waals surface area contributed by atoms with Gasteiger partial charge in [-0.15, -0.1) is 0 Å². The largest absolute Gasteiger partial charge is 0.0847 e. The van der Waals surface area contributed by atoms with Gasteiger partial charge in [-0.2, -0.15) is 0 Å². The van der Waals surface area contributed by atoms with E-state index < -0.39 is 0 Å². The minimum Gasteiger partial charge on any atom is -0.0847 e. The van der Waals surface area contributed by atoms with Crippen LogP contribution in [0.4, 0.5) is 0 Å². The first-order valence-corrected chi connectivity index (χ1v) is 7.71. The van der Waals surface area contributed by atoms with Crippen molar-refractivity contribution in [3.8, 4) is 0 Å². The van der Waals surface area contributed by atoms with Gasteiger partial charge in [-0.3, -0.25) is 0 Å². The molecule has 0 N–H and O–H groups in total. The molecular weight excluding hydrogens is 240 g/mol. The van der Waals surface area contributed by atoms with Gasteiger partial charge in [0.1, 0.15) is 0 Å². The fraction of sp³-hybridized carbons (Fsp3) is 0.300. The summed E-state index contributed by atoms with van der Waals surface area (Å²) >= 11 is 0. The Bertz CT molecular complexity index is 551. The average molecular weight is 262 g/mol. The van der Waals surface area contributed by atoms with Crippen molar-refractivity contribution < 1.29 is 0 Å². The molecular formula is C20H22. The van der Waals surface area contributed by atoms with Crippen molar-refractivity contribution in [3.63, 3.8) is 0 Å². The Labute approximate surface area is 122 Å². The second-order valence-electron chi connectivity index (χ2n) is 5.66. The van der Waals surface area contributed by atoms with E-state index in [9.17, 15) is 0 Å². The molecule has 102 valence electrons. The van der Waals surface area contributed by atoms with Crippen LogP contribution in [-0.2, 0) is 6.42 Å². The van der Waals surface area contributed by atoms with E-state index in [0.717, 1.165) is 6.42 Å². The molecule has 1 aliphatic rings. The van der Waals surface area contributed by atoms with Crippen LogP contribution in [0.2, 0.25) is 0 Å². The Morgan fingerprint density at radius 2 is 1.55 bits per heavy atom. The number of allylic oxidation sites excluding steroid dienone is 2. The normalized spacial score (nSPS) is 15.9. The lowest BCUT2D eigenvalue weighted by atomic mass is 9.85. The molecule has 1 aliphatic carbocycles. The van der Waals surface area contributed by atoms with Crippen molar-refractivity contribution in [3.05, 3.63) is 83.4 Å². The third-order valence-corrected chi connectivity index (χ3v) is 4.29. The van der Waals surface area contributed by atoms with Gasteiger partial charge in [-0.1, -0.05) is 72.3 Å². The van der Waals surface area contributed by atoms with Gasteiger partial charge in [0, 0.05) is 5.92 Å². The zero-order chi connectivity index (χ0) is 13.6. The first-order valence-electron chi connectivity index (χ1n) is 7.71. The quantitative estimate of drug-likeness (QED) is 0.623. The van der Waals surface area contributed by atoms with Crippen LogP contribution in [0.15, 0.2) is 72.3 Å². The molecule has 1 atom stereocenters. The van der Waals surface area contributed by atoms with Crippen LogP contribution in [0.3, 0.4) is 0 Å². The average Bonchev–Trinajstić information content (AvgIpc) is 3.04. The van der Waals surface area contributed by atoms with E-state index in [2.05, 4.69) is 66.7 Å². The van der Waals surface area contributed by atoms with E-state index in [1.54, 1.807) is 5.57 Å². The SMILES string of the molecule is C1=C(C(CCc2ccccc2)c2ccccc2)CCC1. The van der Waals surface area contributed by atoms with E-state index in [-0.39, 0.29) is 0 Å². The van der Waals surface area contributed by atoms with E-state index in [1.165, 1.54) is 36.8 Å². The van der Waals surface area contributed by atoms with Gasteiger partial charge in [-0.25, -0.2) is 0 Å². The third-order valence-electron chi connectivity index (χ3n) is 4.29.